The third kappa shape index (κ3) is 2.97. The minimum atomic E-state index is -1.04. The Labute approximate surface area is 147 Å². The summed E-state index contributed by atoms with van der Waals surface area (Å²) < 4.78 is 7.27. The fourth-order valence-electron chi connectivity index (χ4n) is 2.73. The van der Waals surface area contributed by atoms with Gasteiger partial charge in [-0.1, -0.05) is 11.8 Å². The summed E-state index contributed by atoms with van der Waals surface area (Å²) >= 11 is 1.48. The highest BCUT2D eigenvalue weighted by atomic mass is 32.2. The van der Waals surface area contributed by atoms with Crippen LogP contribution < -0.4 is 0 Å². The number of nitrogens with zero attached hydrogens (tertiary/aromatic N) is 6. The second-order valence-electron chi connectivity index (χ2n) is 5.72. The second-order valence-corrected chi connectivity index (χ2v) is 6.68. The molecule has 3 aromatic rings. The number of hydrogen-bond acceptors (Lipinski definition) is 9. The Morgan fingerprint density at radius 3 is 2.84 bits per heavy atom. The zero-order valence-corrected chi connectivity index (χ0v) is 14.1. The molecule has 4 atom stereocenters. The Balaban J connectivity index is 1.62. The fraction of sp³-hybridized carbons (Fsp3) is 0.400. The maximum absolute atomic E-state index is 10.2. The molecule has 1 aliphatic heterocycles. The summed E-state index contributed by atoms with van der Waals surface area (Å²) in [5.74, 6) is 0.602. The number of imidazole rings is 1. The molecule has 0 spiro atoms. The average molecular weight is 360 g/mol. The second kappa shape index (κ2) is 6.64. The first-order chi connectivity index (χ1) is 12.1. The quantitative estimate of drug-likeness (QED) is 0.507. The molecular weight excluding hydrogens is 344 g/mol. The zero-order valence-electron chi connectivity index (χ0n) is 13.3. The van der Waals surface area contributed by atoms with Crippen molar-refractivity contribution in [3.05, 3.63) is 36.7 Å². The van der Waals surface area contributed by atoms with E-state index in [-0.39, 0.29) is 0 Å². The number of aliphatic hydroxyl groups excluding tert-OH is 2. The van der Waals surface area contributed by atoms with Gasteiger partial charge in [-0.25, -0.2) is 15.0 Å². The van der Waals surface area contributed by atoms with Crippen molar-refractivity contribution in [2.75, 3.05) is 0 Å². The molecule has 0 bridgehead atoms. The molecule has 1 fully saturated rings. The lowest BCUT2D eigenvalue weighted by Crippen LogP contribution is -2.30. The van der Waals surface area contributed by atoms with Crippen LogP contribution in [-0.4, -0.2) is 58.2 Å². The molecule has 0 amide bonds. The summed E-state index contributed by atoms with van der Waals surface area (Å²) in [5.41, 5.74) is 1.99. The van der Waals surface area contributed by atoms with Crippen molar-refractivity contribution in [3.8, 4) is 0 Å². The third-order valence-corrected chi connectivity index (χ3v) is 5.07. The topological polar surface area (TPSA) is 119 Å². The Morgan fingerprint density at radius 1 is 1.24 bits per heavy atom. The SMILES string of the molecule is C[C@H]1O[C@@H](n2cnc3c(SCc4cccnn4)ncnc32)[C@H](O)[C@@H]1O. The molecular formula is C15H16N6O3S. The fourth-order valence-corrected chi connectivity index (χ4v) is 3.57. The first-order valence-electron chi connectivity index (χ1n) is 7.73. The van der Waals surface area contributed by atoms with E-state index in [1.807, 2.05) is 12.1 Å². The van der Waals surface area contributed by atoms with E-state index in [2.05, 4.69) is 25.1 Å². The molecule has 4 heterocycles. The highest BCUT2D eigenvalue weighted by Crippen LogP contribution is 2.33. The van der Waals surface area contributed by atoms with Crippen LogP contribution in [0.15, 0.2) is 36.0 Å². The molecule has 0 radical (unpaired) electrons. The summed E-state index contributed by atoms with van der Waals surface area (Å²) in [6.07, 6.45) is 1.42. The van der Waals surface area contributed by atoms with Crippen LogP contribution in [0.3, 0.4) is 0 Å². The molecule has 4 rings (SSSR count). The van der Waals surface area contributed by atoms with E-state index in [1.165, 1.54) is 18.1 Å². The van der Waals surface area contributed by atoms with Crippen LogP contribution in [0.25, 0.3) is 11.2 Å². The van der Waals surface area contributed by atoms with Gasteiger partial charge in [-0.2, -0.15) is 10.2 Å². The number of rotatable bonds is 4. The smallest absolute Gasteiger partial charge is 0.166 e. The lowest BCUT2D eigenvalue weighted by molar-refractivity contribution is -0.0299. The van der Waals surface area contributed by atoms with Crippen LogP contribution in [0.5, 0.6) is 0 Å². The van der Waals surface area contributed by atoms with Gasteiger partial charge in [-0.3, -0.25) is 4.57 Å². The van der Waals surface area contributed by atoms with Gasteiger partial charge < -0.3 is 14.9 Å². The molecule has 2 N–H and O–H groups in total. The summed E-state index contributed by atoms with van der Waals surface area (Å²) in [4.78, 5) is 12.9. The van der Waals surface area contributed by atoms with Gasteiger partial charge in [0.05, 0.1) is 18.1 Å². The van der Waals surface area contributed by atoms with E-state index in [9.17, 15) is 10.2 Å². The summed E-state index contributed by atoms with van der Waals surface area (Å²) in [7, 11) is 0. The number of fused-ring (bicyclic) bond motifs is 1. The number of thioether (sulfide) groups is 1. The monoisotopic (exact) mass is 360 g/mol. The molecule has 0 unspecified atom stereocenters. The third-order valence-electron chi connectivity index (χ3n) is 4.06. The summed E-state index contributed by atoms with van der Waals surface area (Å²) in [6.45, 7) is 1.71. The number of aromatic nitrogens is 6. The normalized spacial score (nSPS) is 26.4. The van der Waals surface area contributed by atoms with Gasteiger partial charge in [0.1, 0.15) is 29.1 Å². The van der Waals surface area contributed by atoms with E-state index < -0.39 is 24.5 Å². The minimum Gasteiger partial charge on any atom is -0.388 e. The van der Waals surface area contributed by atoms with Gasteiger partial charge in [0.15, 0.2) is 11.9 Å². The largest absolute Gasteiger partial charge is 0.388 e. The predicted octanol–water partition coefficient (Wildman–Crippen LogP) is 0.548. The van der Waals surface area contributed by atoms with E-state index in [4.69, 9.17) is 4.74 Å². The Morgan fingerprint density at radius 2 is 2.12 bits per heavy atom. The predicted molar refractivity (Wildman–Crippen MR) is 88.5 cm³/mol. The molecule has 0 saturated carbocycles. The van der Waals surface area contributed by atoms with Crippen molar-refractivity contribution in [2.24, 2.45) is 0 Å². The van der Waals surface area contributed by atoms with Gasteiger partial charge in [0, 0.05) is 11.9 Å². The molecule has 25 heavy (non-hydrogen) atoms. The Hall–Kier alpha value is -2.14. The van der Waals surface area contributed by atoms with Crippen molar-refractivity contribution < 1.29 is 14.9 Å². The van der Waals surface area contributed by atoms with Crippen molar-refractivity contribution in [3.63, 3.8) is 0 Å². The highest BCUT2D eigenvalue weighted by Gasteiger charge is 2.42. The van der Waals surface area contributed by atoms with Gasteiger partial charge in [0.2, 0.25) is 0 Å². The van der Waals surface area contributed by atoms with E-state index in [0.29, 0.717) is 21.9 Å². The number of ether oxygens (including phenoxy) is 1. The molecule has 3 aromatic heterocycles. The maximum atomic E-state index is 10.2. The minimum absolute atomic E-state index is 0.468. The Bertz CT molecular complexity index is 876. The van der Waals surface area contributed by atoms with Crippen molar-refractivity contribution in [2.45, 2.75) is 42.2 Å². The average Bonchev–Trinajstić information content (AvgIpc) is 3.18. The first kappa shape index (κ1) is 16.3. The van der Waals surface area contributed by atoms with Crippen LogP contribution in [0.2, 0.25) is 0 Å². The van der Waals surface area contributed by atoms with E-state index >= 15 is 0 Å². The molecule has 0 aliphatic carbocycles. The maximum Gasteiger partial charge on any atom is 0.166 e. The van der Waals surface area contributed by atoms with E-state index in [0.717, 1.165) is 5.69 Å². The van der Waals surface area contributed by atoms with Crippen molar-refractivity contribution in [1.82, 2.24) is 29.7 Å². The lowest BCUT2D eigenvalue weighted by Gasteiger charge is -2.16. The Kier molecular flexibility index (Phi) is 4.34. The zero-order chi connectivity index (χ0) is 17.4. The highest BCUT2D eigenvalue weighted by molar-refractivity contribution is 7.98. The van der Waals surface area contributed by atoms with Gasteiger partial charge >= 0.3 is 0 Å². The van der Waals surface area contributed by atoms with Crippen LogP contribution in [0.4, 0.5) is 0 Å². The van der Waals surface area contributed by atoms with Crippen LogP contribution >= 0.6 is 11.8 Å². The van der Waals surface area contributed by atoms with Gasteiger partial charge in [-0.05, 0) is 19.1 Å². The lowest BCUT2D eigenvalue weighted by atomic mass is 10.1. The van der Waals surface area contributed by atoms with E-state index in [1.54, 1.807) is 24.0 Å². The number of hydrogen-bond donors (Lipinski definition) is 2. The standard InChI is InChI=1S/C15H16N6O3S/c1-8-11(22)12(23)15(24-8)21-7-18-10-13(21)16-6-17-14(10)25-5-9-3-2-4-19-20-9/h2-4,6-8,11-12,15,22-23H,5H2,1H3/t8-,11-,12-,15-/m1/s1. The summed E-state index contributed by atoms with van der Waals surface area (Å²) in [5, 5.41) is 28.7. The van der Waals surface area contributed by atoms with Crippen LogP contribution in [0, 0.1) is 0 Å². The summed E-state index contributed by atoms with van der Waals surface area (Å²) in [6, 6.07) is 3.72. The van der Waals surface area contributed by atoms with Gasteiger partial charge in [0.25, 0.3) is 0 Å². The van der Waals surface area contributed by atoms with Crippen LogP contribution in [-0.2, 0) is 10.5 Å². The molecule has 9 nitrogen and oxygen atoms in total. The van der Waals surface area contributed by atoms with Crippen molar-refractivity contribution >= 4 is 22.9 Å². The molecule has 1 saturated heterocycles. The molecule has 1 aliphatic rings. The molecule has 0 aromatic carbocycles. The van der Waals surface area contributed by atoms with Crippen LogP contribution in [0.1, 0.15) is 18.8 Å². The first-order valence-corrected chi connectivity index (χ1v) is 8.72. The number of aliphatic hydroxyl groups is 2. The van der Waals surface area contributed by atoms with Crippen molar-refractivity contribution in [1.29, 1.82) is 0 Å². The molecule has 10 heteroatoms. The molecule has 130 valence electrons. The van der Waals surface area contributed by atoms with Gasteiger partial charge in [-0.15, -0.1) is 0 Å².